The molecule has 0 radical (unpaired) electrons. The van der Waals surface area contributed by atoms with Gasteiger partial charge >= 0.3 is 5.97 Å². The summed E-state index contributed by atoms with van der Waals surface area (Å²) in [4.78, 5) is 26.5. The molecule has 3 aromatic carbocycles. The van der Waals surface area contributed by atoms with Crippen molar-refractivity contribution >= 4 is 34.0 Å². The Morgan fingerprint density at radius 1 is 0.933 bits per heavy atom. The summed E-state index contributed by atoms with van der Waals surface area (Å²) in [6.45, 7) is 6.08. The summed E-state index contributed by atoms with van der Waals surface area (Å²) < 4.78 is 5.37. The number of rotatable bonds is 4. The zero-order chi connectivity index (χ0) is 21.3. The van der Waals surface area contributed by atoms with E-state index >= 15 is 0 Å². The summed E-state index contributed by atoms with van der Waals surface area (Å²) in [6.07, 6.45) is 0. The average molecular weight is 404 g/mol. The van der Waals surface area contributed by atoms with Gasteiger partial charge in [-0.1, -0.05) is 24.3 Å². The van der Waals surface area contributed by atoms with Gasteiger partial charge in [-0.05, 0) is 54.6 Å². The third kappa shape index (κ3) is 3.62. The van der Waals surface area contributed by atoms with E-state index in [-0.39, 0.29) is 11.5 Å². The van der Waals surface area contributed by atoms with E-state index in [1.807, 2.05) is 48.2 Å². The molecule has 1 fully saturated rings. The molecule has 4 rings (SSSR count). The number of hydrogen-bond acceptors (Lipinski definition) is 4. The Balaban J connectivity index is 1.78. The van der Waals surface area contributed by atoms with Crippen LogP contribution in [0.1, 0.15) is 31.8 Å². The molecule has 6 heteroatoms. The number of nitrogens with zero attached hydrogens (tertiary/aromatic N) is 1. The highest BCUT2D eigenvalue weighted by atomic mass is 16.5. The number of morpholine rings is 1. The van der Waals surface area contributed by atoms with Crippen LogP contribution < -0.4 is 5.32 Å². The minimum absolute atomic E-state index is 0.00760. The lowest BCUT2D eigenvalue weighted by Gasteiger charge is -2.27. The molecule has 0 unspecified atom stereocenters. The molecular weight excluding hydrogens is 380 g/mol. The molecule has 0 bridgehead atoms. The maximum Gasteiger partial charge on any atom is 0.336 e. The van der Waals surface area contributed by atoms with Gasteiger partial charge in [0.15, 0.2) is 0 Å². The summed E-state index contributed by atoms with van der Waals surface area (Å²) in [5.41, 5.74) is 4.18. The largest absolute Gasteiger partial charge is 0.478 e. The number of aryl methyl sites for hydroxylation is 1. The van der Waals surface area contributed by atoms with Gasteiger partial charge in [-0.15, -0.1) is 0 Å². The number of nitrogens with one attached hydrogen (secondary N) is 1. The van der Waals surface area contributed by atoms with E-state index in [1.165, 1.54) is 0 Å². The van der Waals surface area contributed by atoms with Crippen molar-refractivity contribution in [3.05, 3.63) is 70.8 Å². The summed E-state index contributed by atoms with van der Waals surface area (Å²) >= 11 is 0. The third-order valence-corrected chi connectivity index (χ3v) is 5.61. The van der Waals surface area contributed by atoms with Crippen LogP contribution in [0.2, 0.25) is 0 Å². The van der Waals surface area contributed by atoms with E-state index in [0.717, 1.165) is 27.7 Å². The van der Waals surface area contributed by atoms with E-state index in [4.69, 9.17) is 4.74 Å². The van der Waals surface area contributed by atoms with Crippen molar-refractivity contribution in [3.63, 3.8) is 0 Å². The van der Waals surface area contributed by atoms with Crippen molar-refractivity contribution in [2.24, 2.45) is 0 Å². The number of carboxylic acid groups (broad SMARTS) is 1. The summed E-state index contributed by atoms with van der Waals surface area (Å²) in [7, 11) is 0. The fraction of sp³-hybridized carbons (Fsp3) is 0.250. The van der Waals surface area contributed by atoms with Gasteiger partial charge in [0.2, 0.25) is 0 Å². The predicted molar refractivity (Wildman–Crippen MR) is 117 cm³/mol. The average Bonchev–Trinajstić information content (AvgIpc) is 2.75. The Kier molecular flexibility index (Phi) is 5.42. The van der Waals surface area contributed by atoms with Crippen molar-refractivity contribution in [3.8, 4) is 0 Å². The number of carbonyl (C=O) groups is 2. The van der Waals surface area contributed by atoms with Gasteiger partial charge in [-0.3, -0.25) is 4.79 Å². The summed E-state index contributed by atoms with van der Waals surface area (Å²) in [5.74, 6) is -0.948. The number of benzene rings is 3. The Morgan fingerprint density at radius 3 is 2.40 bits per heavy atom. The fourth-order valence-electron chi connectivity index (χ4n) is 3.96. The maximum atomic E-state index is 13.2. The second kappa shape index (κ2) is 8.16. The number of aromatic carboxylic acids is 1. The zero-order valence-electron chi connectivity index (χ0n) is 17.1. The van der Waals surface area contributed by atoms with E-state index in [0.29, 0.717) is 37.4 Å². The summed E-state index contributed by atoms with van der Waals surface area (Å²) in [5, 5.41) is 14.6. The Labute approximate surface area is 175 Å². The van der Waals surface area contributed by atoms with Crippen LogP contribution in [0, 0.1) is 13.8 Å². The second-order valence-corrected chi connectivity index (χ2v) is 7.47. The van der Waals surface area contributed by atoms with Gasteiger partial charge < -0.3 is 20.1 Å². The Morgan fingerprint density at radius 2 is 1.67 bits per heavy atom. The molecule has 0 saturated carbocycles. The van der Waals surface area contributed by atoms with Crippen LogP contribution in [-0.4, -0.2) is 48.2 Å². The molecule has 6 nitrogen and oxygen atoms in total. The molecule has 1 heterocycles. The van der Waals surface area contributed by atoms with Crippen LogP contribution in [0.3, 0.4) is 0 Å². The number of ether oxygens (including phenoxy) is 1. The molecule has 1 amide bonds. The molecule has 3 aromatic rings. The first-order valence-corrected chi connectivity index (χ1v) is 9.96. The maximum absolute atomic E-state index is 13.2. The van der Waals surface area contributed by atoms with Gasteiger partial charge in [-0.25, -0.2) is 4.79 Å². The number of carboxylic acids is 1. The predicted octanol–water partition coefficient (Wildman–Crippen LogP) is 4.37. The number of amides is 1. The highest BCUT2D eigenvalue weighted by Gasteiger charge is 2.22. The first-order chi connectivity index (χ1) is 14.5. The smallest absolute Gasteiger partial charge is 0.336 e. The van der Waals surface area contributed by atoms with Gasteiger partial charge in [-0.2, -0.15) is 0 Å². The molecule has 1 aliphatic rings. The molecule has 0 spiro atoms. The SMILES string of the molecule is Cc1c(Nc2ccc(C(=O)N3CCOCC3)c3c(C)cccc23)cccc1C(=O)O. The van der Waals surface area contributed by atoms with E-state index < -0.39 is 5.97 Å². The lowest BCUT2D eigenvalue weighted by Crippen LogP contribution is -2.40. The second-order valence-electron chi connectivity index (χ2n) is 7.47. The summed E-state index contributed by atoms with van der Waals surface area (Å²) in [6, 6.07) is 14.9. The number of carbonyl (C=O) groups excluding carboxylic acids is 1. The molecule has 0 atom stereocenters. The highest BCUT2D eigenvalue weighted by molar-refractivity contribution is 6.12. The Hall–Kier alpha value is -3.38. The van der Waals surface area contributed by atoms with Gasteiger partial charge in [0, 0.05) is 35.4 Å². The molecule has 0 aliphatic carbocycles. The van der Waals surface area contributed by atoms with Gasteiger partial charge in [0.25, 0.3) is 5.91 Å². The quantitative estimate of drug-likeness (QED) is 0.675. The zero-order valence-corrected chi connectivity index (χ0v) is 17.1. The molecular formula is C24H24N2O4. The molecule has 30 heavy (non-hydrogen) atoms. The first-order valence-electron chi connectivity index (χ1n) is 9.96. The topological polar surface area (TPSA) is 78.9 Å². The van der Waals surface area contributed by atoms with Crippen molar-refractivity contribution in [1.82, 2.24) is 4.90 Å². The van der Waals surface area contributed by atoms with Crippen molar-refractivity contribution in [2.45, 2.75) is 13.8 Å². The number of anilines is 2. The Bertz CT molecular complexity index is 1130. The monoisotopic (exact) mass is 404 g/mol. The van der Waals surface area contributed by atoms with Crippen LogP contribution in [-0.2, 0) is 4.74 Å². The van der Waals surface area contributed by atoms with Crippen LogP contribution >= 0.6 is 0 Å². The van der Waals surface area contributed by atoms with Crippen LogP contribution in [0.5, 0.6) is 0 Å². The molecule has 154 valence electrons. The molecule has 0 aromatic heterocycles. The van der Waals surface area contributed by atoms with Crippen LogP contribution in [0.4, 0.5) is 11.4 Å². The van der Waals surface area contributed by atoms with Crippen LogP contribution in [0.25, 0.3) is 10.8 Å². The van der Waals surface area contributed by atoms with E-state index in [1.54, 1.807) is 19.1 Å². The van der Waals surface area contributed by atoms with E-state index in [9.17, 15) is 14.7 Å². The van der Waals surface area contributed by atoms with Gasteiger partial charge in [0.05, 0.1) is 18.8 Å². The molecule has 2 N–H and O–H groups in total. The van der Waals surface area contributed by atoms with Crippen molar-refractivity contribution in [2.75, 3.05) is 31.6 Å². The normalized spacial score (nSPS) is 14.0. The van der Waals surface area contributed by atoms with Crippen molar-refractivity contribution in [1.29, 1.82) is 0 Å². The molecule has 1 aliphatic heterocycles. The fourth-order valence-corrected chi connectivity index (χ4v) is 3.96. The van der Waals surface area contributed by atoms with Gasteiger partial charge in [0.1, 0.15) is 0 Å². The third-order valence-electron chi connectivity index (χ3n) is 5.61. The molecule has 1 saturated heterocycles. The minimum atomic E-state index is -0.955. The lowest BCUT2D eigenvalue weighted by molar-refractivity contribution is 0.0304. The first kappa shape index (κ1) is 19.9. The van der Waals surface area contributed by atoms with E-state index in [2.05, 4.69) is 5.32 Å². The minimum Gasteiger partial charge on any atom is -0.478 e. The number of fused-ring (bicyclic) bond motifs is 1. The standard InChI is InChI=1S/C24H24N2O4/c1-15-5-3-7-18-21(25-20-8-4-6-17(16(20)2)24(28)29)10-9-19(22(15)18)23(27)26-11-13-30-14-12-26/h3-10,25H,11-14H2,1-2H3,(H,28,29). The lowest BCUT2D eigenvalue weighted by atomic mass is 9.97. The van der Waals surface area contributed by atoms with Crippen molar-refractivity contribution < 1.29 is 19.4 Å². The van der Waals surface area contributed by atoms with Crippen LogP contribution in [0.15, 0.2) is 48.5 Å². The number of hydrogen-bond donors (Lipinski definition) is 2. The highest BCUT2D eigenvalue weighted by Crippen LogP contribution is 2.33.